The normalized spacial score (nSPS) is 11.8. The molecule has 0 aromatic heterocycles. The van der Waals surface area contributed by atoms with Crippen LogP contribution in [-0.4, -0.2) is 31.8 Å². The average molecular weight is 239 g/mol. The second-order valence-electron chi connectivity index (χ2n) is 3.55. The van der Waals surface area contributed by atoms with Crippen molar-refractivity contribution < 1.29 is 19.4 Å². The Morgan fingerprint density at radius 1 is 1.47 bits per heavy atom. The zero-order valence-corrected chi connectivity index (χ0v) is 10.2. The zero-order chi connectivity index (χ0) is 12.8. The van der Waals surface area contributed by atoms with Gasteiger partial charge >= 0.3 is 0 Å². The molecule has 0 aliphatic rings. The molecule has 94 valence electrons. The first-order chi connectivity index (χ1) is 8.08. The molecule has 1 aromatic rings. The van der Waals surface area contributed by atoms with Crippen molar-refractivity contribution in [1.29, 1.82) is 0 Å². The number of nitrogens with one attached hydrogen (secondary N) is 1. The summed E-state index contributed by atoms with van der Waals surface area (Å²) in [4.78, 5) is 11.0. The molecule has 1 amide bonds. The molecule has 0 heterocycles. The average Bonchev–Trinajstić information content (AvgIpc) is 2.35. The molecule has 0 aliphatic carbocycles. The van der Waals surface area contributed by atoms with Gasteiger partial charge in [-0.25, -0.2) is 0 Å². The molecule has 17 heavy (non-hydrogen) atoms. The van der Waals surface area contributed by atoms with Crippen LogP contribution in [0.4, 0.5) is 0 Å². The molecule has 2 N–H and O–H groups in total. The van der Waals surface area contributed by atoms with Gasteiger partial charge in [-0.2, -0.15) is 0 Å². The zero-order valence-electron chi connectivity index (χ0n) is 10.2. The van der Waals surface area contributed by atoms with Crippen molar-refractivity contribution in [3.8, 4) is 11.5 Å². The molecule has 0 aliphatic heterocycles. The third-order valence-corrected chi connectivity index (χ3v) is 2.31. The van der Waals surface area contributed by atoms with Gasteiger partial charge in [-0.05, 0) is 24.6 Å². The minimum Gasteiger partial charge on any atom is -0.493 e. The molecule has 0 saturated carbocycles. The molecule has 0 radical (unpaired) electrons. The number of amides is 1. The van der Waals surface area contributed by atoms with Crippen LogP contribution in [0.1, 0.15) is 18.6 Å². The molecule has 5 nitrogen and oxygen atoms in total. The monoisotopic (exact) mass is 239 g/mol. The van der Waals surface area contributed by atoms with Gasteiger partial charge in [0.1, 0.15) is 0 Å². The fourth-order valence-corrected chi connectivity index (χ4v) is 1.28. The lowest BCUT2D eigenvalue weighted by atomic mass is 10.1. The number of hydrogen-bond acceptors (Lipinski definition) is 4. The van der Waals surface area contributed by atoms with E-state index in [2.05, 4.69) is 5.32 Å². The van der Waals surface area contributed by atoms with Gasteiger partial charge in [-0.15, -0.1) is 0 Å². The van der Waals surface area contributed by atoms with Crippen molar-refractivity contribution in [2.45, 2.75) is 13.0 Å². The summed E-state index contributed by atoms with van der Waals surface area (Å²) in [5, 5.41) is 11.9. The number of hydrogen-bond donors (Lipinski definition) is 2. The molecule has 0 bridgehead atoms. The van der Waals surface area contributed by atoms with Gasteiger partial charge in [0.2, 0.25) is 0 Å². The third kappa shape index (κ3) is 3.64. The van der Waals surface area contributed by atoms with E-state index in [0.717, 1.165) is 5.56 Å². The van der Waals surface area contributed by atoms with E-state index in [4.69, 9.17) is 9.47 Å². The van der Waals surface area contributed by atoms with E-state index < -0.39 is 6.10 Å². The summed E-state index contributed by atoms with van der Waals surface area (Å²) >= 11 is 0. The number of rotatable bonds is 5. The summed E-state index contributed by atoms with van der Waals surface area (Å²) in [7, 11) is 3.05. The Kier molecular flexibility index (Phi) is 4.78. The summed E-state index contributed by atoms with van der Waals surface area (Å²) in [6.07, 6.45) is -0.572. The minimum absolute atomic E-state index is 0.0686. The van der Waals surface area contributed by atoms with Gasteiger partial charge < -0.3 is 19.9 Å². The van der Waals surface area contributed by atoms with Gasteiger partial charge in [-0.1, -0.05) is 6.07 Å². The molecule has 1 atom stereocenters. The summed E-state index contributed by atoms with van der Waals surface area (Å²) in [5.41, 5.74) is 0.731. The van der Waals surface area contributed by atoms with E-state index in [1.54, 1.807) is 32.2 Å². The number of ether oxygens (including phenoxy) is 2. The summed E-state index contributed by atoms with van der Waals surface area (Å²) in [5.74, 6) is 0.749. The number of carbonyl (C=O) groups excluding carboxylic acids is 1. The predicted octanol–water partition coefficient (Wildman–Crippen LogP) is 0.873. The number of methoxy groups -OCH3 is 1. The molecule has 0 unspecified atom stereocenters. The number of aliphatic hydroxyl groups excluding tert-OH is 1. The Morgan fingerprint density at radius 3 is 2.71 bits per heavy atom. The lowest BCUT2D eigenvalue weighted by Gasteiger charge is -2.12. The van der Waals surface area contributed by atoms with Crippen LogP contribution in [-0.2, 0) is 4.79 Å². The summed E-state index contributed by atoms with van der Waals surface area (Å²) < 4.78 is 10.4. The number of carbonyl (C=O) groups is 1. The van der Waals surface area contributed by atoms with Gasteiger partial charge in [0.05, 0.1) is 13.2 Å². The smallest absolute Gasteiger partial charge is 0.257 e. The number of benzene rings is 1. The highest BCUT2D eigenvalue weighted by Crippen LogP contribution is 2.30. The highest BCUT2D eigenvalue weighted by Gasteiger charge is 2.09. The van der Waals surface area contributed by atoms with Crippen molar-refractivity contribution in [3.05, 3.63) is 23.8 Å². The molecule has 1 rings (SSSR count). The molecular weight excluding hydrogens is 222 g/mol. The van der Waals surface area contributed by atoms with E-state index in [0.29, 0.717) is 11.5 Å². The Hall–Kier alpha value is -1.75. The maximum atomic E-state index is 11.0. The maximum Gasteiger partial charge on any atom is 0.257 e. The van der Waals surface area contributed by atoms with Crippen LogP contribution in [0, 0.1) is 0 Å². The summed E-state index contributed by atoms with van der Waals surface area (Å²) in [6.45, 7) is 1.60. The van der Waals surface area contributed by atoms with Crippen LogP contribution in [0.3, 0.4) is 0 Å². The molecule has 0 fully saturated rings. The largest absolute Gasteiger partial charge is 0.493 e. The predicted molar refractivity (Wildman–Crippen MR) is 63.2 cm³/mol. The SMILES string of the molecule is CNC(=O)COc1ccc([C@H](C)O)cc1OC. The Labute approximate surface area is 100 Å². The van der Waals surface area contributed by atoms with E-state index in [1.807, 2.05) is 0 Å². The van der Waals surface area contributed by atoms with Crippen molar-refractivity contribution >= 4 is 5.91 Å². The lowest BCUT2D eigenvalue weighted by Crippen LogP contribution is -2.24. The van der Waals surface area contributed by atoms with Crippen molar-refractivity contribution in [3.63, 3.8) is 0 Å². The van der Waals surface area contributed by atoms with E-state index in [9.17, 15) is 9.90 Å². The first-order valence-corrected chi connectivity index (χ1v) is 5.28. The standard InChI is InChI=1S/C12H17NO4/c1-8(14)9-4-5-10(11(6-9)16-3)17-7-12(15)13-2/h4-6,8,14H,7H2,1-3H3,(H,13,15)/t8-/m0/s1. The second kappa shape index (κ2) is 6.10. The Morgan fingerprint density at radius 2 is 2.18 bits per heavy atom. The number of aliphatic hydroxyl groups is 1. The highest BCUT2D eigenvalue weighted by molar-refractivity contribution is 5.77. The van der Waals surface area contributed by atoms with Crippen LogP contribution in [0.15, 0.2) is 18.2 Å². The van der Waals surface area contributed by atoms with Crippen LogP contribution < -0.4 is 14.8 Å². The Bertz CT molecular complexity index is 390. The van der Waals surface area contributed by atoms with Gasteiger partial charge in [0.25, 0.3) is 5.91 Å². The second-order valence-corrected chi connectivity index (χ2v) is 3.55. The molecule has 0 saturated heterocycles. The van der Waals surface area contributed by atoms with Crippen molar-refractivity contribution in [2.75, 3.05) is 20.8 Å². The minimum atomic E-state index is -0.572. The van der Waals surface area contributed by atoms with Crippen molar-refractivity contribution in [2.24, 2.45) is 0 Å². The first-order valence-electron chi connectivity index (χ1n) is 5.28. The van der Waals surface area contributed by atoms with Crippen LogP contribution >= 0.6 is 0 Å². The van der Waals surface area contributed by atoms with Gasteiger partial charge in [-0.3, -0.25) is 4.79 Å². The first kappa shape index (κ1) is 13.3. The van der Waals surface area contributed by atoms with E-state index >= 15 is 0 Å². The third-order valence-electron chi connectivity index (χ3n) is 2.31. The highest BCUT2D eigenvalue weighted by atomic mass is 16.5. The quantitative estimate of drug-likeness (QED) is 0.800. The fraction of sp³-hybridized carbons (Fsp3) is 0.417. The van der Waals surface area contributed by atoms with E-state index in [1.165, 1.54) is 7.11 Å². The molecule has 5 heteroatoms. The Balaban J connectivity index is 2.81. The van der Waals surface area contributed by atoms with Crippen molar-refractivity contribution in [1.82, 2.24) is 5.32 Å². The van der Waals surface area contributed by atoms with Crippen LogP contribution in [0.25, 0.3) is 0 Å². The number of likely N-dealkylation sites (N-methyl/N-ethyl adjacent to an activating group) is 1. The van der Waals surface area contributed by atoms with Crippen LogP contribution in [0.5, 0.6) is 11.5 Å². The molecule has 0 spiro atoms. The molecule has 1 aromatic carbocycles. The fourth-order valence-electron chi connectivity index (χ4n) is 1.28. The van der Waals surface area contributed by atoms with Gasteiger partial charge in [0, 0.05) is 7.05 Å². The van der Waals surface area contributed by atoms with Gasteiger partial charge in [0.15, 0.2) is 18.1 Å². The van der Waals surface area contributed by atoms with Crippen LogP contribution in [0.2, 0.25) is 0 Å². The molecular formula is C12H17NO4. The summed E-state index contributed by atoms with van der Waals surface area (Å²) in [6, 6.07) is 5.08. The maximum absolute atomic E-state index is 11.0. The topological polar surface area (TPSA) is 67.8 Å². The van der Waals surface area contributed by atoms with E-state index in [-0.39, 0.29) is 12.5 Å². The lowest BCUT2D eigenvalue weighted by molar-refractivity contribution is -0.122.